The third kappa shape index (κ3) is 5.16. The van der Waals surface area contributed by atoms with E-state index in [1.54, 1.807) is 11.8 Å². The summed E-state index contributed by atoms with van der Waals surface area (Å²) in [5.74, 6) is -0.171. The quantitative estimate of drug-likeness (QED) is 0.663. The first-order chi connectivity index (χ1) is 6.15. The number of carbonyl (C=O) groups is 1. The van der Waals surface area contributed by atoms with E-state index in [-0.39, 0.29) is 12.0 Å². The first kappa shape index (κ1) is 12.8. The summed E-state index contributed by atoms with van der Waals surface area (Å²) in [5.41, 5.74) is 0. The van der Waals surface area contributed by atoms with Crippen molar-refractivity contribution in [2.75, 3.05) is 19.9 Å². The molecule has 0 aliphatic rings. The van der Waals surface area contributed by atoms with E-state index in [4.69, 9.17) is 0 Å². The summed E-state index contributed by atoms with van der Waals surface area (Å²) in [6, 6.07) is -0.153. The van der Waals surface area contributed by atoms with Gasteiger partial charge in [-0.25, -0.2) is 0 Å². The van der Waals surface area contributed by atoms with Crippen LogP contribution < -0.4 is 5.32 Å². The van der Waals surface area contributed by atoms with E-state index in [1.807, 2.05) is 6.92 Å². The van der Waals surface area contributed by atoms with Crippen LogP contribution in [-0.4, -0.2) is 37.2 Å². The lowest BCUT2D eigenvalue weighted by Gasteiger charge is -2.16. The Kier molecular flexibility index (Phi) is 7.09. The van der Waals surface area contributed by atoms with Crippen molar-refractivity contribution < 1.29 is 9.53 Å². The first-order valence-corrected chi connectivity index (χ1v) is 5.78. The van der Waals surface area contributed by atoms with Gasteiger partial charge in [0.25, 0.3) is 0 Å². The SMILES string of the molecule is CCC(NCC(C)SC)C(=O)OC. The molecule has 0 rings (SSSR count). The highest BCUT2D eigenvalue weighted by atomic mass is 32.2. The van der Waals surface area contributed by atoms with Gasteiger partial charge >= 0.3 is 5.97 Å². The molecule has 13 heavy (non-hydrogen) atoms. The maximum absolute atomic E-state index is 11.2. The smallest absolute Gasteiger partial charge is 0.322 e. The maximum atomic E-state index is 11.2. The Hall–Kier alpha value is -0.220. The predicted octanol–water partition coefficient (Wildman–Crippen LogP) is 1.28. The second-order valence-corrected chi connectivity index (χ2v) is 4.21. The molecule has 4 heteroatoms. The van der Waals surface area contributed by atoms with Crippen LogP contribution in [0.2, 0.25) is 0 Å². The minimum absolute atomic E-state index is 0.153. The normalized spacial score (nSPS) is 15.1. The van der Waals surface area contributed by atoms with Gasteiger partial charge in [-0.2, -0.15) is 11.8 Å². The molecular weight excluding hydrogens is 186 g/mol. The monoisotopic (exact) mass is 205 g/mol. The highest BCUT2D eigenvalue weighted by molar-refractivity contribution is 7.99. The van der Waals surface area contributed by atoms with Gasteiger partial charge in [0, 0.05) is 11.8 Å². The number of hydrogen-bond donors (Lipinski definition) is 1. The maximum Gasteiger partial charge on any atom is 0.322 e. The van der Waals surface area contributed by atoms with Crippen LogP contribution in [0.1, 0.15) is 20.3 Å². The van der Waals surface area contributed by atoms with Gasteiger partial charge in [-0.15, -0.1) is 0 Å². The van der Waals surface area contributed by atoms with Crippen molar-refractivity contribution in [3.05, 3.63) is 0 Å². The zero-order valence-electron chi connectivity index (χ0n) is 8.79. The Morgan fingerprint density at radius 2 is 2.23 bits per heavy atom. The van der Waals surface area contributed by atoms with Gasteiger partial charge in [-0.05, 0) is 12.7 Å². The molecule has 2 atom stereocenters. The third-order valence-electron chi connectivity index (χ3n) is 1.95. The van der Waals surface area contributed by atoms with E-state index in [2.05, 4.69) is 23.2 Å². The van der Waals surface area contributed by atoms with Gasteiger partial charge in [-0.3, -0.25) is 4.79 Å². The molecule has 0 spiro atoms. The Balaban J connectivity index is 3.78. The minimum atomic E-state index is -0.171. The van der Waals surface area contributed by atoms with Gasteiger partial charge < -0.3 is 10.1 Å². The summed E-state index contributed by atoms with van der Waals surface area (Å²) in [6.45, 7) is 4.94. The molecule has 3 nitrogen and oxygen atoms in total. The van der Waals surface area contributed by atoms with Crippen molar-refractivity contribution in [1.82, 2.24) is 5.32 Å². The molecular formula is C9H19NO2S. The van der Waals surface area contributed by atoms with E-state index in [0.29, 0.717) is 5.25 Å². The number of rotatable bonds is 6. The van der Waals surface area contributed by atoms with Crippen LogP contribution >= 0.6 is 11.8 Å². The molecule has 0 aromatic rings. The van der Waals surface area contributed by atoms with Gasteiger partial charge in [0.2, 0.25) is 0 Å². The molecule has 0 radical (unpaired) electrons. The van der Waals surface area contributed by atoms with Crippen molar-refractivity contribution in [3.8, 4) is 0 Å². The van der Waals surface area contributed by atoms with Crippen LogP contribution in [0.25, 0.3) is 0 Å². The predicted molar refractivity (Wildman–Crippen MR) is 57.1 cm³/mol. The number of ether oxygens (including phenoxy) is 1. The topological polar surface area (TPSA) is 38.3 Å². The molecule has 0 saturated carbocycles. The Labute approximate surface area is 84.6 Å². The van der Waals surface area contributed by atoms with E-state index < -0.39 is 0 Å². The van der Waals surface area contributed by atoms with E-state index in [9.17, 15) is 4.79 Å². The summed E-state index contributed by atoms with van der Waals surface area (Å²) >= 11 is 1.78. The second kappa shape index (κ2) is 7.21. The molecule has 78 valence electrons. The highest BCUT2D eigenvalue weighted by Gasteiger charge is 2.16. The molecule has 0 aliphatic carbocycles. The molecule has 1 N–H and O–H groups in total. The fraction of sp³-hybridized carbons (Fsp3) is 0.889. The average Bonchev–Trinajstić information content (AvgIpc) is 2.17. The zero-order valence-corrected chi connectivity index (χ0v) is 9.61. The Morgan fingerprint density at radius 3 is 2.62 bits per heavy atom. The molecule has 0 aromatic carbocycles. The van der Waals surface area contributed by atoms with E-state index in [0.717, 1.165) is 13.0 Å². The summed E-state index contributed by atoms with van der Waals surface area (Å²) in [6.07, 6.45) is 2.83. The molecule has 0 heterocycles. The van der Waals surface area contributed by atoms with Crippen molar-refractivity contribution in [2.24, 2.45) is 0 Å². The first-order valence-electron chi connectivity index (χ1n) is 4.49. The molecule has 0 amide bonds. The molecule has 0 fully saturated rings. The molecule has 0 bridgehead atoms. The molecule has 0 aliphatic heterocycles. The standard InChI is InChI=1S/C9H19NO2S/c1-5-8(9(11)12-3)10-6-7(2)13-4/h7-8,10H,5-6H2,1-4H3. The lowest BCUT2D eigenvalue weighted by Crippen LogP contribution is -2.39. The summed E-state index contributed by atoms with van der Waals surface area (Å²) < 4.78 is 4.66. The number of methoxy groups -OCH3 is 1. The minimum Gasteiger partial charge on any atom is -0.468 e. The molecule has 2 unspecified atom stereocenters. The Bertz CT molecular complexity index is 153. The van der Waals surface area contributed by atoms with Gasteiger partial charge in [0.15, 0.2) is 0 Å². The van der Waals surface area contributed by atoms with Crippen LogP contribution in [0.5, 0.6) is 0 Å². The van der Waals surface area contributed by atoms with Gasteiger partial charge in [0.1, 0.15) is 6.04 Å². The highest BCUT2D eigenvalue weighted by Crippen LogP contribution is 2.04. The van der Waals surface area contributed by atoms with Crippen LogP contribution in [-0.2, 0) is 9.53 Å². The number of esters is 1. The van der Waals surface area contributed by atoms with Gasteiger partial charge in [-0.1, -0.05) is 13.8 Å². The average molecular weight is 205 g/mol. The van der Waals surface area contributed by atoms with Crippen LogP contribution in [0.15, 0.2) is 0 Å². The number of thioether (sulfide) groups is 1. The third-order valence-corrected chi connectivity index (χ3v) is 2.92. The Morgan fingerprint density at radius 1 is 1.62 bits per heavy atom. The van der Waals surface area contributed by atoms with Gasteiger partial charge in [0.05, 0.1) is 7.11 Å². The fourth-order valence-electron chi connectivity index (χ4n) is 0.928. The second-order valence-electron chi connectivity index (χ2n) is 2.94. The molecule has 0 aromatic heterocycles. The van der Waals surface area contributed by atoms with Crippen molar-refractivity contribution in [3.63, 3.8) is 0 Å². The van der Waals surface area contributed by atoms with E-state index in [1.165, 1.54) is 7.11 Å². The fourth-order valence-corrected chi connectivity index (χ4v) is 1.19. The number of hydrogen-bond acceptors (Lipinski definition) is 4. The molecule has 0 saturated heterocycles. The summed E-state index contributed by atoms with van der Waals surface area (Å²) in [4.78, 5) is 11.2. The number of carbonyl (C=O) groups excluding carboxylic acids is 1. The van der Waals surface area contributed by atoms with Crippen LogP contribution in [0, 0.1) is 0 Å². The summed E-state index contributed by atoms with van der Waals surface area (Å²) in [7, 11) is 1.42. The van der Waals surface area contributed by atoms with Crippen LogP contribution in [0.4, 0.5) is 0 Å². The van der Waals surface area contributed by atoms with E-state index >= 15 is 0 Å². The lowest BCUT2D eigenvalue weighted by atomic mass is 10.2. The summed E-state index contributed by atoms with van der Waals surface area (Å²) in [5, 5.41) is 3.70. The zero-order chi connectivity index (χ0) is 10.3. The van der Waals surface area contributed by atoms with Crippen molar-refractivity contribution in [2.45, 2.75) is 31.6 Å². The lowest BCUT2D eigenvalue weighted by molar-refractivity contribution is -0.143. The van der Waals surface area contributed by atoms with Crippen LogP contribution in [0.3, 0.4) is 0 Å². The number of nitrogens with one attached hydrogen (secondary N) is 1. The largest absolute Gasteiger partial charge is 0.468 e. The van der Waals surface area contributed by atoms with Crippen molar-refractivity contribution >= 4 is 17.7 Å². The van der Waals surface area contributed by atoms with Crippen molar-refractivity contribution in [1.29, 1.82) is 0 Å².